The number of anilines is 1. The molecule has 1 aromatic heterocycles. The van der Waals surface area contributed by atoms with Gasteiger partial charge in [-0.2, -0.15) is 0 Å². The quantitative estimate of drug-likeness (QED) is 0.141. The number of aromatic nitrogens is 1. The maximum Gasteiger partial charge on any atom is 0.279 e. The van der Waals surface area contributed by atoms with Crippen molar-refractivity contribution in [3.05, 3.63) is 75.5 Å². The molecule has 0 bridgehead atoms. The van der Waals surface area contributed by atoms with E-state index in [4.69, 9.17) is 16.3 Å². The van der Waals surface area contributed by atoms with Crippen LogP contribution < -0.4 is 9.64 Å². The molecule has 2 heterocycles. The highest BCUT2D eigenvalue weighted by Crippen LogP contribution is 2.46. The first-order chi connectivity index (χ1) is 18.2. The van der Waals surface area contributed by atoms with E-state index >= 15 is 0 Å². The fraction of sp³-hybridized carbons (Fsp3) is 0.286. The molecule has 1 atom stereocenters. The van der Waals surface area contributed by atoms with Crippen LogP contribution in [0.2, 0.25) is 0 Å². The molecule has 1 aliphatic heterocycles. The fourth-order valence-electron chi connectivity index (χ4n) is 4.97. The summed E-state index contributed by atoms with van der Waals surface area (Å²) in [4.78, 5) is 44.0. The van der Waals surface area contributed by atoms with E-state index < -0.39 is 4.92 Å². The lowest BCUT2D eigenvalue weighted by atomic mass is 9.93. The molecule has 10 heteroatoms. The summed E-state index contributed by atoms with van der Waals surface area (Å²) in [6.45, 7) is 3.03. The van der Waals surface area contributed by atoms with Crippen molar-refractivity contribution in [1.29, 1.82) is 0 Å². The number of likely N-dealkylation sites (N-methyl/N-ethyl adjacent to an activating group) is 1. The molecule has 0 aliphatic carbocycles. The molecule has 3 aromatic carbocycles. The Balaban J connectivity index is 1.54. The van der Waals surface area contributed by atoms with Crippen LogP contribution in [0.1, 0.15) is 39.3 Å². The molecule has 196 valence electrons. The summed E-state index contributed by atoms with van der Waals surface area (Å²) in [5.74, 6) is 0.233. The summed E-state index contributed by atoms with van der Waals surface area (Å²) in [5.41, 5.74) is 2.60. The van der Waals surface area contributed by atoms with Gasteiger partial charge in [-0.1, -0.05) is 12.1 Å². The molecule has 0 fully saturated rings. The zero-order valence-corrected chi connectivity index (χ0v) is 22.0. The number of non-ortho nitro benzene ring substituents is 1. The average molecular weight is 535 g/mol. The summed E-state index contributed by atoms with van der Waals surface area (Å²) in [6.07, 6.45) is 0. The number of nitrogens with one attached hydrogen (secondary N) is 1. The number of alkyl halides is 1. The number of halogens is 1. The number of H-pyrrole nitrogens is 1. The highest BCUT2D eigenvalue weighted by molar-refractivity contribution is 6.19. The number of Topliss-reactive ketones (excluding diaryl/α,β-unsaturated/α-hetero) is 1. The molecule has 0 spiro atoms. The van der Waals surface area contributed by atoms with Crippen LogP contribution in [-0.2, 0) is 0 Å². The van der Waals surface area contributed by atoms with E-state index in [1.807, 2.05) is 37.2 Å². The van der Waals surface area contributed by atoms with Gasteiger partial charge in [0.25, 0.3) is 11.6 Å². The second-order valence-electron chi connectivity index (χ2n) is 9.75. The van der Waals surface area contributed by atoms with Crippen molar-refractivity contribution in [3.63, 3.8) is 0 Å². The number of aromatic amines is 1. The number of nitro benzene ring substituents is 1. The number of carbonyl (C=O) groups excluding carboxylic acids is 2. The normalized spacial score (nSPS) is 14.9. The van der Waals surface area contributed by atoms with Crippen LogP contribution in [0.5, 0.6) is 5.75 Å². The van der Waals surface area contributed by atoms with E-state index in [2.05, 4.69) is 4.98 Å². The maximum absolute atomic E-state index is 13.7. The van der Waals surface area contributed by atoms with Crippen LogP contribution in [0, 0.1) is 10.1 Å². The molecule has 0 saturated heterocycles. The van der Waals surface area contributed by atoms with E-state index in [-0.39, 0.29) is 35.7 Å². The molecular formula is C28H27ClN4O5. The molecule has 0 saturated carbocycles. The zero-order valence-electron chi connectivity index (χ0n) is 21.3. The van der Waals surface area contributed by atoms with Crippen molar-refractivity contribution < 1.29 is 19.2 Å². The van der Waals surface area contributed by atoms with Crippen molar-refractivity contribution in [1.82, 2.24) is 9.88 Å². The van der Waals surface area contributed by atoms with E-state index in [1.165, 1.54) is 13.0 Å². The van der Waals surface area contributed by atoms with Crippen LogP contribution in [-0.4, -0.2) is 66.2 Å². The number of nitro groups is 1. The van der Waals surface area contributed by atoms with Crippen LogP contribution in [0.25, 0.3) is 21.7 Å². The van der Waals surface area contributed by atoms with Crippen LogP contribution in [0.4, 0.5) is 11.4 Å². The Morgan fingerprint density at radius 1 is 1.16 bits per heavy atom. The van der Waals surface area contributed by atoms with Crippen LogP contribution in [0.15, 0.2) is 48.5 Å². The van der Waals surface area contributed by atoms with Gasteiger partial charge in [0, 0.05) is 47.4 Å². The van der Waals surface area contributed by atoms with E-state index in [9.17, 15) is 19.7 Å². The number of nitrogens with zero attached hydrogens (tertiary/aromatic N) is 3. The van der Waals surface area contributed by atoms with Gasteiger partial charge < -0.3 is 19.5 Å². The summed E-state index contributed by atoms with van der Waals surface area (Å²) >= 11 is 6.33. The molecule has 5 rings (SSSR count). The summed E-state index contributed by atoms with van der Waals surface area (Å²) in [7, 11) is 3.95. The number of rotatable bonds is 8. The van der Waals surface area contributed by atoms with Gasteiger partial charge in [-0.05, 0) is 62.3 Å². The molecule has 4 aromatic rings. The Morgan fingerprint density at radius 2 is 1.95 bits per heavy atom. The molecule has 38 heavy (non-hydrogen) atoms. The molecule has 1 amide bonds. The average Bonchev–Trinajstić information content (AvgIpc) is 3.48. The molecular weight excluding hydrogens is 508 g/mol. The summed E-state index contributed by atoms with van der Waals surface area (Å²) in [5, 5.41) is 13.8. The second kappa shape index (κ2) is 10.1. The van der Waals surface area contributed by atoms with E-state index in [1.54, 1.807) is 29.2 Å². The largest absolute Gasteiger partial charge is 0.492 e. The monoisotopic (exact) mass is 534 g/mol. The molecule has 1 N–H and O–H groups in total. The first-order valence-electron chi connectivity index (χ1n) is 12.2. The Bertz CT molecular complexity index is 1600. The Labute approximate surface area is 224 Å². The van der Waals surface area contributed by atoms with E-state index in [0.717, 1.165) is 23.0 Å². The second-order valence-corrected chi connectivity index (χ2v) is 10.1. The van der Waals surface area contributed by atoms with Crippen molar-refractivity contribution >= 4 is 56.3 Å². The Hall–Kier alpha value is -3.95. The maximum atomic E-state index is 13.7. The highest BCUT2D eigenvalue weighted by atomic mass is 35.5. The van der Waals surface area contributed by atoms with Crippen molar-refractivity contribution in [2.45, 2.75) is 12.8 Å². The van der Waals surface area contributed by atoms with Gasteiger partial charge in [0.2, 0.25) is 0 Å². The number of ether oxygens (including phenoxy) is 1. The van der Waals surface area contributed by atoms with Crippen LogP contribution in [0.3, 0.4) is 0 Å². The number of benzene rings is 3. The van der Waals surface area contributed by atoms with Gasteiger partial charge in [-0.15, -0.1) is 11.6 Å². The summed E-state index contributed by atoms with van der Waals surface area (Å²) in [6, 6.07) is 13.7. The summed E-state index contributed by atoms with van der Waals surface area (Å²) < 4.78 is 5.82. The molecule has 1 aliphatic rings. The number of carbonyl (C=O) groups is 2. The van der Waals surface area contributed by atoms with Gasteiger partial charge in [-0.25, -0.2) is 0 Å². The minimum Gasteiger partial charge on any atom is -0.492 e. The fourth-order valence-corrected chi connectivity index (χ4v) is 5.22. The van der Waals surface area contributed by atoms with Crippen molar-refractivity contribution in [2.24, 2.45) is 0 Å². The predicted molar refractivity (Wildman–Crippen MR) is 148 cm³/mol. The van der Waals surface area contributed by atoms with Gasteiger partial charge in [-0.3, -0.25) is 19.7 Å². The van der Waals surface area contributed by atoms with Crippen molar-refractivity contribution in [2.75, 3.05) is 44.6 Å². The Kier molecular flexibility index (Phi) is 6.81. The minimum atomic E-state index is -0.482. The highest BCUT2D eigenvalue weighted by Gasteiger charge is 2.37. The SMILES string of the molecule is CC(=O)c1ccc2c3c(cc([N+](=O)[O-])c2c1)N(C(=O)c1cc2cc(OCCN(C)C)ccc2[nH]1)CC3CCl. The predicted octanol–water partition coefficient (Wildman–Crippen LogP) is 5.36. The van der Waals surface area contributed by atoms with Gasteiger partial charge >= 0.3 is 0 Å². The number of hydrogen-bond acceptors (Lipinski definition) is 6. The van der Waals surface area contributed by atoms with Gasteiger partial charge in [0.15, 0.2) is 5.78 Å². The minimum absolute atomic E-state index is 0.161. The third-order valence-corrected chi connectivity index (χ3v) is 7.27. The van der Waals surface area contributed by atoms with E-state index in [0.29, 0.717) is 40.1 Å². The van der Waals surface area contributed by atoms with Gasteiger partial charge in [0.05, 0.1) is 16.0 Å². The van der Waals surface area contributed by atoms with Crippen molar-refractivity contribution in [3.8, 4) is 5.75 Å². The standard InChI is InChI=1S/C28H27ClN4O5/c1-16(34)17-4-6-21-22(11-17)25(33(36)37)13-26-27(21)19(14-29)15-32(26)28(35)24-12-18-10-20(5-7-23(18)30-24)38-9-8-31(2)3/h4-7,10-13,19,30H,8-9,14-15H2,1-3H3. The lowest BCUT2D eigenvalue weighted by Crippen LogP contribution is -2.30. The molecule has 0 radical (unpaired) electrons. The third-order valence-electron chi connectivity index (χ3n) is 6.90. The zero-order chi connectivity index (χ0) is 27.1. The number of hydrogen-bond donors (Lipinski definition) is 1. The topological polar surface area (TPSA) is 109 Å². The lowest BCUT2D eigenvalue weighted by molar-refractivity contribution is -0.383. The number of amides is 1. The number of ketones is 1. The molecule has 1 unspecified atom stereocenters. The number of fused-ring (bicyclic) bond motifs is 4. The van der Waals surface area contributed by atoms with Crippen LogP contribution >= 0.6 is 11.6 Å². The first-order valence-corrected chi connectivity index (χ1v) is 12.8. The first kappa shape index (κ1) is 25.7. The lowest BCUT2D eigenvalue weighted by Gasteiger charge is -2.17. The molecule has 9 nitrogen and oxygen atoms in total. The smallest absolute Gasteiger partial charge is 0.279 e. The van der Waals surface area contributed by atoms with Gasteiger partial charge in [0.1, 0.15) is 18.1 Å². The third kappa shape index (κ3) is 4.59. The Morgan fingerprint density at radius 3 is 2.63 bits per heavy atom.